The molecule has 0 saturated carbocycles. The predicted molar refractivity (Wildman–Crippen MR) is 106 cm³/mol. The molecule has 11 nitrogen and oxygen atoms in total. The fourth-order valence-corrected chi connectivity index (χ4v) is 2.79. The van der Waals surface area contributed by atoms with Crippen LogP contribution in [0.5, 0.6) is 0 Å². The summed E-state index contributed by atoms with van der Waals surface area (Å²) in [5.74, 6) is 1.95. The molecule has 3 aromatic rings. The quantitative estimate of drug-likeness (QED) is 0.451. The second kappa shape index (κ2) is 7.78. The maximum atomic E-state index is 11.3. The zero-order valence-corrected chi connectivity index (χ0v) is 16.2. The number of anilines is 4. The maximum absolute atomic E-state index is 11.3. The lowest BCUT2D eigenvalue weighted by Crippen LogP contribution is -2.11. The van der Waals surface area contributed by atoms with Crippen LogP contribution in [0.2, 0.25) is 0 Å². The minimum Gasteiger partial charge on any atom is -0.370 e. The van der Waals surface area contributed by atoms with Crippen LogP contribution in [0.25, 0.3) is 5.82 Å². The molecule has 2 heterocycles. The summed E-state index contributed by atoms with van der Waals surface area (Å²) in [7, 11) is -3.75. The molecule has 0 saturated heterocycles. The Morgan fingerprint density at radius 2 is 1.89 bits per heavy atom. The first-order valence-corrected chi connectivity index (χ1v) is 9.96. The Morgan fingerprint density at radius 1 is 1.18 bits per heavy atom. The highest BCUT2D eigenvalue weighted by molar-refractivity contribution is 7.89. The molecule has 0 spiro atoms. The molecule has 148 valence electrons. The zero-order chi connectivity index (χ0) is 20.3. The molecule has 0 aliphatic heterocycles. The first-order chi connectivity index (χ1) is 13.2. The molecule has 0 aliphatic carbocycles. The third-order valence-electron chi connectivity index (χ3n) is 3.63. The second-order valence-corrected chi connectivity index (χ2v) is 8.00. The fraction of sp³-hybridized carbons (Fsp3) is 0.250. The van der Waals surface area contributed by atoms with Gasteiger partial charge in [0.15, 0.2) is 5.82 Å². The van der Waals surface area contributed by atoms with Crippen LogP contribution in [0.1, 0.15) is 13.8 Å². The monoisotopic (exact) mass is 403 g/mol. The van der Waals surface area contributed by atoms with Crippen molar-refractivity contribution < 1.29 is 8.42 Å². The topological polar surface area (TPSA) is 167 Å². The second-order valence-electron chi connectivity index (χ2n) is 6.44. The number of hydrogen-bond donors (Lipinski definition) is 4. The van der Waals surface area contributed by atoms with Gasteiger partial charge in [-0.2, -0.15) is 9.67 Å². The van der Waals surface area contributed by atoms with E-state index in [0.717, 1.165) is 6.54 Å². The number of rotatable bonds is 7. The molecule has 1 aromatic carbocycles. The Balaban J connectivity index is 1.79. The number of nitrogens with one attached hydrogen (secondary N) is 2. The van der Waals surface area contributed by atoms with Gasteiger partial charge in [-0.25, -0.2) is 23.5 Å². The van der Waals surface area contributed by atoms with Gasteiger partial charge in [0.1, 0.15) is 12.1 Å². The van der Waals surface area contributed by atoms with Gasteiger partial charge in [-0.15, -0.1) is 5.10 Å². The number of nitrogens with two attached hydrogens (primary N) is 2. The summed E-state index contributed by atoms with van der Waals surface area (Å²) in [4.78, 5) is 12.5. The Bertz CT molecular complexity index is 1060. The lowest BCUT2D eigenvalue weighted by molar-refractivity contribution is 0.598. The smallest absolute Gasteiger partial charge is 0.248 e. The van der Waals surface area contributed by atoms with E-state index in [0.29, 0.717) is 23.2 Å². The zero-order valence-electron chi connectivity index (χ0n) is 15.4. The molecule has 0 bridgehead atoms. The van der Waals surface area contributed by atoms with Crippen molar-refractivity contribution in [1.29, 1.82) is 0 Å². The van der Waals surface area contributed by atoms with E-state index in [4.69, 9.17) is 10.9 Å². The first-order valence-electron chi connectivity index (χ1n) is 8.41. The highest BCUT2D eigenvalue weighted by Crippen LogP contribution is 2.19. The summed E-state index contributed by atoms with van der Waals surface area (Å²) < 4.78 is 24.0. The molecule has 0 unspecified atom stereocenters. The van der Waals surface area contributed by atoms with Gasteiger partial charge in [0, 0.05) is 18.3 Å². The summed E-state index contributed by atoms with van der Waals surface area (Å²) in [6.07, 6.45) is 1.41. The average molecular weight is 403 g/mol. The van der Waals surface area contributed by atoms with Crippen molar-refractivity contribution in [2.45, 2.75) is 18.7 Å². The standard InChI is InChI=1S/C16H21N9O2S/c1-10(2)8-19-13-7-14(21-9-20-13)25-15(17)23-16(24-25)22-11-3-5-12(6-4-11)28(18,26)27/h3-7,9-10H,8H2,1-2H3,(H2,18,26,27)(H,19,20,21)(H3,17,22,23,24). The molecule has 0 atom stereocenters. The molecule has 0 fully saturated rings. The van der Waals surface area contributed by atoms with E-state index in [9.17, 15) is 8.42 Å². The van der Waals surface area contributed by atoms with Crippen LogP contribution in [0, 0.1) is 5.92 Å². The highest BCUT2D eigenvalue weighted by atomic mass is 32.2. The third-order valence-corrected chi connectivity index (χ3v) is 4.56. The Labute approximate surface area is 162 Å². The average Bonchev–Trinajstić information content (AvgIpc) is 3.00. The minimum absolute atomic E-state index is 0.0125. The van der Waals surface area contributed by atoms with E-state index in [1.54, 1.807) is 18.2 Å². The van der Waals surface area contributed by atoms with Gasteiger partial charge in [0.25, 0.3) is 0 Å². The van der Waals surface area contributed by atoms with Crippen molar-refractivity contribution in [3.05, 3.63) is 36.7 Å². The molecule has 0 aliphatic rings. The summed E-state index contributed by atoms with van der Waals surface area (Å²) in [5.41, 5.74) is 6.53. The molecule has 6 N–H and O–H groups in total. The number of hydrogen-bond acceptors (Lipinski definition) is 9. The van der Waals surface area contributed by atoms with Gasteiger partial charge in [-0.1, -0.05) is 13.8 Å². The van der Waals surface area contributed by atoms with Gasteiger partial charge < -0.3 is 16.4 Å². The number of benzene rings is 1. The Morgan fingerprint density at radius 3 is 2.54 bits per heavy atom. The van der Waals surface area contributed by atoms with Crippen molar-refractivity contribution >= 4 is 33.4 Å². The predicted octanol–water partition coefficient (Wildman–Crippen LogP) is 1.10. The van der Waals surface area contributed by atoms with Crippen LogP contribution < -0.4 is 21.5 Å². The van der Waals surface area contributed by atoms with E-state index in [2.05, 4.69) is 44.5 Å². The molecular formula is C16H21N9O2S. The summed E-state index contributed by atoms with van der Waals surface area (Å²) >= 11 is 0. The van der Waals surface area contributed by atoms with Crippen LogP contribution in [-0.2, 0) is 10.0 Å². The summed E-state index contributed by atoms with van der Waals surface area (Å²) in [6, 6.07) is 7.59. The van der Waals surface area contributed by atoms with Crippen molar-refractivity contribution in [1.82, 2.24) is 24.7 Å². The number of nitrogen functional groups attached to an aromatic ring is 1. The molecule has 0 amide bonds. The number of nitrogens with zero attached hydrogens (tertiary/aromatic N) is 5. The SMILES string of the molecule is CC(C)CNc1cc(-n2nc(Nc3ccc(S(N)(=O)=O)cc3)nc2N)ncn1. The lowest BCUT2D eigenvalue weighted by Gasteiger charge is -2.09. The van der Waals surface area contributed by atoms with Crippen molar-refractivity contribution in [3.63, 3.8) is 0 Å². The van der Waals surface area contributed by atoms with E-state index >= 15 is 0 Å². The fourth-order valence-electron chi connectivity index (χ4n) is 2.27. The lowest BCUT2D eigenvalue weighted by atomic mass is 10.2. The first kappa shape index (κ1) is 19.5. The van der Waals surface area contributed by atoms with Crippen LogP contribution >= 0.6 is 0 Å². The van der Waals surface area contributed by atoms with Crippen molar-refractivity contribution in [2.75, 3.05) is 22.9 Å². The van der Waals surface area contributed by atoms with Crippen LogP contribution in [0.3, 0.4) is 0 Å². The van der Waals surface area contributed by atoms with Gasteiger partial charge in [-0.05, 0) is 30.2 Å². The van der Waals surface area contributed by atoms with Crippen molar-refractivity contribution in [3.8, 4) is 5.82 Å². The van der Waals surface area contributed by atoms with Gasteiger partial charge >= 0.3 is 0 Å². The van der Waals surface area contributed by atoms with Gasteiger partial charge in [0.05, 0.1) is 4.90 Å². The normalized spacial score (nSPS) is 11.6. The Kier molecular flexibility index (Phi) is 5.42. The highest BCUT2D eigenvalue weighted by Gasteiger charge is 2.12. The molecule has 12 heteroatoms. The molecule has 3 rings (SSSR count). The van der Waals surface area contributed by atoms with E-state index in [-0.39, 0.29) is 16.8 Å². The van der Waals surface area contributed by atoms with Gasteiger partial charge in [0.2, 0.25) is 21.9 Å². The largest absolute Gasteiger partial charge is 0.370 e. The number of aromatic nitrogens is 5. The van der Waals surface area contributed by atoms with Crippen LogP contribution in [-0.4, -0.2) is 39.7 Å². The summed E-state index contributed by atoms with van der Waals surface area (Å²) in [6.45, 7) is 4.96. The Hall–Kier alpha value is -3.25. The van der Waals surface area contributed by atoms with Crippen LogP contribution in [0.15, 0.2) is 41.6 Å². The molecule has 28 heavy (non-hydrogen) atoms. The molecule has 0 radical (unpaired) electrons. The van der Waals surface area contributed by atoms with E-state index < -0.39 is 10.0 Å². The summed E-state index contributed by atoms with van der Waals surface area (Å²) in [5, 5.41) is 15.5. The van der Waals surface area contributed by atoms with E-state index in [1.165, 1.54) is 23.1 Å². The molecule has 2 aromatic heterocycles. The molecular weight excluding hydrogens is 382 g/mol. The van der Waals surface area contributed by atoms with Gasteiger partial charge in [-0.3, -0.25) is 0 Å². The van der Waals surface area contributed by atoms with Crippen LogP contribution in [0.4, 0.5) is 23.4 Å². The maximum Gasteiger partial charge on any atom is 0.248 e. The minimum atomic E-state index is -3.75. The number of sulfonamides is 1. The van der Waals surface area contributed by atoms with Crippen molar-refractivity contribution in [2.24, 2.45) is 11.1 Å². The third kappa shape index (κ3) is 4.72. The number of primary sulfonamides is 1. The van der Waals surface area contributed by atoms with E-state index in [1.807, 2.05) is 0 Å².